The normalized spacial score (nSPS) is 13.6. The third-order valence-corrected chi connectivity index (χ3v) is 5.48. The van der Waals surface area contributed by atoms with Crippen molar-refractivity contribution in [2.75, 3.05) is 0 Å². The first kappa shape index (κ1) is 18.6. The minimum atomic E-state index is -0.131. The molecule has 1 saturated carbocycles. The number of hydrogen-bond donors (Lipinski definition) is 2. The Balaban J connectivity index is 1.19. The van der Waals surface area contributed by atoms with E-state index in [9.17, 15) is 4.79 Å². The number of amides is 1. The molecule has 6 nitrogen and oxygen atoms in total. The molecular formula is C24H24N4O2. The number of hydrogen-bond acceptors (Lipinski definition) is 4. The molecule has 1 amide bonds. The highest BCUT2D eigenvalue weighted by Crippen LogP contribution is 2.38. The molecule has 2 aromatic heterocycles. The fourth-order valence-corrected chi connectivity index (χ4v) is 3.65. The predicted octanol–water partition coefficient (Wildman–Crippen LogP) is 4.53. The summed E-state index contributed by atoms with van der Waals surface area (Å²) in [5.41, 5.74) is 5.35. The molecule has 0 aliphatic heterocycles. The van der Waals surface area contributed by atoms with Crippen LogP contribution in [0.5, 0.6) is 0 Å². The highest BCUT2D eigenvalue weighted by Gasteiger charge is 2.26. The zero-order chi connectivity index (χ0) is 20.3. The third-order valence-electron chi connectivity index (χ3n) is 5.48. The van der Waals surface area contributed by atoms with Gasteiger partial charge in [-0.1, -0.05) is 30.3 Å². The molecule has 5 rings (SSSR count). The molecule has 4 aromatic rings. The van der Waals surface area contributed by atoms with Gasteiger partial charge in [-0.2, -0.15) is 5.10 Å². The number of aromatic nitrogens is 3. The van der Waals surface area contributed by atoms with Crippen LogP contribution in [0.1, 0.15) is 58.4 Å². The molecule has 152 valence electrons. The van der Waals surface area contributed by atoms with Gasteiger partial charge < -0.3 is 9.73 Å². The highest BCUT2D eigenvalue weighted by molar-refractivity contribution is 5.97. The quantitative estimate of drug-likeness (QED) is 0.455. The van der Waals surface area contributed by atoms with Crippen LogP contribution in [0.15, 0.2) is 59.0 Å². The number of benzene rings is 2. The number of H-pyrrole nitrogens is 1. The van der Waals surface area contributed by atoms with Crippen molar-refractivity contribution in [2.45, 2.75) is 44.6 Å². The number of carbonyl (C=O) groups excluding carboxylic acids is 1. The van der Waals surface area contributed by atoms with Crippen LogP contribution in [0, 0.1) is 0 Å². The number of fused-ring (bicyclic) bond motifs is 1. The summed E-state index contributed by atoms with van der Waals surface area (Å²) in [5, 5.41) is 10.3. The monoisotopic (exact) mass is 400 g/mol. The van der Waals surface area contributed by atoms with Gasteiger partial charge in [0.15, 0.2) is 11.5 Å². The van der Waals surface area contributed by atoms with Crippen LogP contribution in [0.3, 0.4) is 0 Å². The van der Waals surface area contributed by atoms with Gasteiger partial charge in [-0.25, -0.2) is 4.98 Å². The molecule has 0 spiro atoms. The Hall–Kier alpha value is -3.41. The van der Waals surface area contributed by atoms with Crippen LogP contribution in [0.25, 0.3) is 11.1 Å². The van der Waals surface area contributed by atoms with Crippen LogP contribution in [0.4, 0.5) is 0 Å². The average molecular weight is 400 g/mol. The number of aromatic amines is 1. The molecule has 0 atom stereocenters. The summed E-state index contributed by atoms with van der Waals surface area (Å²) in [6.45, 7) is 0.431. The molecule has 0 saturated heterocycles. The second-order valence-electron chi connectivity index (χ2n) is 7.90. The first-order valence-electron chi connectivity index (χ1n) is 10.5. The second-order valence-corrected chi connectivity index (χ2v) is 7.90. The average Bonchev–Trinajstić information content (AvgIpc) is 3.37. The molecule has 6 heteroatoms. The van der Waals surface area contributed by atoms with Crippen molar-refractivity contribution in [1.29, 1.82) is 0 Å². The highest BCUT2D eigenvalue weighted by atomic mass is 16.3. The van der Waals surface area contributed by atoms with E-state index in [0.717, 1.165) is 36.2 Å². The fraction of sp³-hybridized carbons (Fsp3) is 0.292. The first-order valence-corrected chi connectivity index (χ1v) is 10.5. The van der Waals surface area contributed by atoms with E-state index in [4.69, 9.17) is 4.42 Å². The lowest BCUT2D eigenvalue weighted by molar-refractivity contribution is 0.0950. The number of nitrogens with one attached hydrogen (secondary N) is 2. The smallest absolute Gasteiger partial charge is 0.251 e. The lowest BCUT2D eigenvalue weighted by Gasteiger charge is -2.03. The second kappa shape index (κ2) is 8.14. The van der Waals surface area contributed by atoms with Crippen LogP contribution >= 0.6 is 0 Å². The topological polar surface area (TPSA) is 83.8 Å². The van der Waals surface area contributed by atoms with Crippen molar-refractivity contribution in [3.63, 3.8) is 0 Å². The fourth-order valence-electron chi connectivity index (χ4n) is 3.65. The van der Waals surface area contributed by atoms with Crippen molar-refractivity contribution in [3.8, 4) is 0 Å². The van der Waals surface area contributed by atoms with Gasteiger partial charge in [-0.3, -0.25) is 9.89 Å². The van der Waals surface area contributed by atoms with Crippen molar-refractivity contribution >= 4 is 17.0 Å². The van der Waals surface area contributed by atoms with Gasteiger partial charge >= 0.3 is 0 Å². The van der Waals surface area contributed by atoms with E-state index in [2.05, 4.69) is 44.8 Å². The molecule has 0 radical (unpaired) electrons. The van der Waals surface area contributed by atoms with E-state index in [0.29, 0.717) is 29.5 Å². The van der Waals surface area contributed by atoms with Crippen molar-refractivity contribution in [1.82, 2.24) is 20.5 Å². The molecule has 0 unspecified atom stereocenters. The van der Waals surface area contributed by atoms with Crippen LogP contribution in [-0.4, -0.2) is 21.1 Å². The summed E-state index contributed by atoms with van der Waals surface area (Å²) in [4.78, 5) is 17.1. The first-order chi connectivity index (χ1) is 14.7. The number of carbonyl (C=O) groups is 1. The van der Waals surface area contributed by atoms with E-state index in [-0.39, 0.29) is 5.91 Å². The van der Waals surface area contributed by atoms with Gasteiger partial charge in [0.05, 0.1) is 17.9 Å². The van der Waals surface area contributed by atoms with E-state index < -0.39 is 0 Å². The molecule has 1 aliphatic rings. The Morgan fingerprint density at radius 1 is 1.10 bits per heavy atom. The Bertz CT molecular complexity index is 1160. The zero-order valence-electron chi connectivity index (χ0n) is 16.7. The Morgan fingerprint density at radius 2 is 1.97 bits per heavy atom. The van der Waals surface area contributed by atoms with E-state index in [1.54, 1.807) is 12.1 Å². The maximum absolute atomic E-state index is 12.5. The maximum atomic E-state index is 12.5. The Labute approximate surface area is 174 Å². The number of nitrogens with zero attached hydrogens (tertiary/aromatic N) is 2. The van der Waals surface area contributed by atoms with Gasteiger partial charge in [-0.05, 0) is 55.5 Å². The van der Waals surface area contributed by atoms with Crippen molar-refractivity contribution in [2.24, 2.45) is 0 Å². The number of rotatable bonds is 8. The number of aryl methyl sites for hydroxylation is 2. The van der Waals surface area contributed by atoms with Crippen LogP contribution < -0.4 is 5.32 Å². The predicted molar refractivity (Wildman–Crippen MR) is 114 cm³/mol. The van der Waals surface area contributed by atoms with Gasteiger partial charge in [0.25, 0.3) is 5.91 Å². The summed E-state index contributed by atoms with van der Waals surface area (Å²) in [5.74, 6) is 1.18. The lowest BCUT2D eigenvalue weighted by Crippen LogP contribution is -2.22. The third kappa shape index (κ3) is 4.27. The van der Waals surface area contributed by atoms with Gasteiger partial charge in [0, 0.05) is 17.9 Å². The summed E-state index contributed by atoms with van der Waals surface area (Å²) in [6, 6.07) is 17.8. The standard InChI is InChI=1S/C24H24N4O2/c29-24(25-15-19-14-20(28-27-19)17-9-10-17)18-11-12-22-21(13-18)26-23(30-22)8-4-7-16-5-2-1-3-6-16/h1-3,5-6,11-14,17H,4,7-10,15H2,(H,25,29)(H,27,28). The summed E-state index contributed by atoms with van der Waals surface area (Å²) < 4.78 is 5.84. The molecule has 1 aliphatic carbocycles. The van der Waals surface area contributed by atoms with Crippen LogP contribution in [0.2, 0.25) is 0 Å². The molecule has 30 heavy (non-hydrogen) atoms. The van der Waals surface area contributed by atoms with E-state index in [1.165, 1.54) is 18.4 Å². The Kier molecular flexibility index (Phi) is 5.05. The summed E-state index contributed by atoms with van der Waals surface area (Å²) in [7, 11) is 0. The van der Waals surface area contributed by atoms with Crippen LogP contribution in [-0.2, 0) is 19.4 Å². The summed E-state index contributed by atoms with van der Waals surface area (Å²) >= 11 is 0. The van der Waals surface area contributed by atoms with Gasteiger partial charge in [0.2, 0.25) is 0 Å². The van der Waals surface area contributed by atoms with Gasteiger partial charge in [-0.15, -0.1) is 0 Å². The molecule has 2 N–H and O–H groups in total. The molecule has 1 fully saturated rings. The SMILES string of the molecule is O=C(NCc1cc(C2CC2)n[nH]1)c1ccc2oc(CCCc3ccccc3)nc2c1. The zero-order valence-corrected chi connectivity index (χ0v) is 16.7. The minimum absolute atomic E-state index is 0.131. The maximum Gasteiger partial charge on any atom is 0.251 e. The van der Waals surface area contributed by atoms with Gasteiger partial charge in [0.1, 0.15) is 5.52 Å². The van der Waals surface area contributed by atoms with E-state index >= 15 is 0 Å². The number of oxazole rings is 1. The minimum Gasteiger partial charge on any atom is -0.441 e. The molecular weight excluding hydrogens is 376 g/mol. The molecule has 2 heterocycles. The lowest BCUT2D eigenvalue weighted by atomic mass is 10.1. The van der Waals surface area contributed by atoms with Crippen molar-refractivity contribution in [3.05, 3.63) is 83.0 Å². The molecule has 2 aromatic carbocycles. The Morgan fingerprint density at radius 3 is 2.80 bits per heavy atom. The van der Waals surface area contributed by atoms with Crippen molar-refractivity contribution < 1.29 is 9.21 Å². The summed E-state index contributed by atoms with van der Waals surface area (Å²) in [6.07, 6.45) is 5.15. The molecule has 0 bridgehead atoms. The van der Waals surface area contributed by atoms with E-state index in [1.807, 2.05) is 18.2 Å². The largest absolute Gasteiger partial charge is 0.441 e.